The molecule has 0 unspecified atom stereocenters. The molecule has 1 fully saturated rings. The van der Waals surface area contributed by atoms with Crippen molar-refractivity contribution in [2.45, 2.75) is 25.3 Å². The van der Waals surface area contributed by atoms with E-state index in [0.29, 0.717) is 11.3 Å². The van der Waals surface area contributed by atoms with Crippen molar-refractivity contribution in [2.75, 3.05) is 20.2 Å². The third-order valence-electron chi connectivity index (χ3n) is 5.20. The van der Waals surface area contributed by atoms with Gasteiger partial charge in [0, 0.05) is 24.4 Å². The molecular weight excluding hydrogens is 326 g/mol. The van der Waals surface area contributed by atoms with Crippen LogP contribution in [0.25, 0.3) is 10.9 Å². The first kappa shape index (κ1) is 16.8. The highest BCUT2D eigenvalue weighted by Gasteiger charge is 2.22. The van der Waals surface area contributed by atoms with Gasteiger partial charge in [-0.3, -0.25) is 14.7 Å². The van der Waals surface area contributed by atoms with E-state index in [1.54, 1.807) is 19.4 Å². The Bertz CT molecular complexity index is 959. The minimum absolute atomic E-state index is 0.0376. The van der Waals surface area contributed by atoms with Crippen LogP contribution in [0.5, 0.6) is 5.75 Å². The van der Waals surface area contributed by atoms with Gasteiger partial charge in [0.15, 0.2) is 0 Å². The topological polar surface area (TPSA) is 58.2 Å². The van der Waals surface area contributed by atoms with Crippen molar-refractivity contribution < 1.29 is 4.74 Å². The van der Waals surface area contributed by atoms with E-state index in [2.05, 4.69) is 27.0 Å². The number of likely N-dealkylation sites (tertiary alicyclic amines) is 1. The Hall–Kier alpha value is -2.66. The van der Waals surface area contributed by atoms with Crippen molar-refractivity contribution >= 4 is 10.9 Å². The SMILES string of the molecule is COc1cccc(CN2CCC(c3cc4ncccc4c(=O)[nH]3)CC2)c1. The summed E-state index contributed by atoms with van der Waals surface area (Å²) < 4.78 is 5.31. The van der Waals surface area contributed by atoms with Crippen molar-refractivity contribution in [3.63, 3.8) is 0 Å². The largest absolute Gasteiger partial charge is 0.497 e. The molecule has 1 N–H and O–H groups in total. The molecule has 1 aliphatic rings. The summed E-state index contributed by atoms with van der Waals surface area (Å²) in [5, 5.41) is 0.659. The van der Waals surface area contributed by atoms with Gasteiger partial charge in [-0.15, -0.1) is 0 Å². The second-order valence-corrected chi connectivity index (χ2v) is 6.89. The number of aromatic nitrogens is 2. The molecule has 5 heteroatoms. The smallest absolute Gasteiger partial charge is 0.257 e. The molecule has 0 spiro atoms. The van der Waals surface area contributed by atoms with Gasteiger partial charge in [0.1, 0.15) is 5.75 Å². The Morgan fingerprint density at radius 2 is 2.04 bits per heavy atom. The summed E-state index contributed by atoms with van der Waals surface area (Å²) in [7, 11) is 1.70. The summed E-state index contributed by atoms with van der Waals surface area (Å²) in [4.78, 5) is 22.2. The fourth-order valence-electron chi connectivity index (χ4n) is 3.76. The van der Waals surface area contributed by atoms with Crippen molar-refractivity contribution in [3.8, 4) is 5.75 Å². The molecule has 0 amide bonds. The Morgan fingerprint density at radius 1 is 1.19 bits per heavy atom. The molecule has 0 radical (unpaired) electrons. The Balaban J connectivity index is 1.44. The van der Waals surface area contributed by atoms with Gasteiger partial charge in [-0.1, -0.05) is 12.1 Å². The van der Waals surface area contributed by atoms with Gasteiger partial charge in [-0.25, -0.2) is 0 Å². The second-order valence-electron chi connectivity index (χ2n) is 6.89. The average Bonchev–Trinajstić information content (AvgIpc) is 2.69. The average molecular weight is 349 g/mol. The van der Waals surface area contributed by atoms with Crippen LogP contribution in [0.2, 0.25) is 0 Å². The molecule has 3 heterocycles. The zero-order valence-electron chi connectivity index (χ0n) is 14.9. The van der Waals surface area contributed by atoms with Crippen LogP contribution in [0, 0.1) is 0 Å². The molecule has 1 aromatic carbocycles. The first-order valence-corrected chi connectivity index (χ1v) is 9.06. The monoisotopic (exact) mass is 349 g/mol. The van der Waals surface area contributed by atoms with Gasteiger partial charge < -0.3 is 9.72 Å². The third kappa shape index (κ3) is 3.48. The number of H-pyrrole nitrogens is 1. The lowest BCUT2D eigenvalue weighted by Crippen LogP contribution is -2.33. The molecule has 134 valence electrons. The Morgan fingerprint density at radius 3 is 2.85 bits per heavy atom. The van der Waals surface area contributed by atoms with Crippen molar-refractivity contribution in [2.24, 2.45) is 0 Å². The zero-order valence-corrected chi connectivity index (χ0v) is 14.9. The van der Waals surface area contributed by atoms with E-state index in [4.69, 9.17) is 4.74 Å². The number of piperidine rings is 1. The molecule has 2 aromatic heterocycles. The van der Waals surface area contributed by atoms with Crippen LogP contribution in [0.4, 0.5) is 0 Å². The number of nitrogens with one attached hydrogen (secondary N) is 1. The highest BCUT2D eigenvalue weighted by molar-refractivity contribution is 5.77. The van der Waals surface area contributed by atoms with Crippen molar-refractivity contribution in [3.05, 3.63) is 70.3 Å². The summed E-state index contributed by atoms with van der Waals surface area (Å²) in [6.07, 6.45) is 3.82. The number of nitrogens with zero attached hydrogens (tertiary/aromatic N) is 2. The minimum Gasteiger partial charge on any atom is -0.497 e. The summed E-state index contributed by atoms with van der Waals surface area (Å²) in [5.41, 5.74) is 3.03. The van der Waals surface area contributed by atoms with Crippen LogP contribution < -0.4 is 10.3 Å². The summed E-state index contributed by atoms with van der Waals surface area (Å²) >= 11 is 0. The standard InChI is InChI=1S/C21H23N3O2/c1-26-17-5-2-4-15(12-17)14-24-10-7-16(8-11-24)19-13-20-18(21(25)23-19)6-3-9-22-20/h2-6,9,12-13,16H,7-8,10-11,14H2,1H3,(H,23,25). The molecule has 0 atom stereocenters. The molecule has 0 aliphatic carbocycles. The third-order valence-corrected chi connectivity index (χ3v) is 5.20. The predicted molar refractivity (Wildman–Crippen MR) is 103 cm³/mol. The quantitative estimate of drug-likeness (QED) is 0.785. The van der Waals surface area contributed by atoms with E-state index in [0.717, 1.165) is 49.4 Å². The van der Waals surface area contributed by atoms with E-state index >= 15 is 0 Å². The van der Waals surface area contributed by atoms with Gasteiger partial charge in [0.2, 0.25) is 0 Å². The zero-order chi connectivity index (χ0) is 17.9. The van der Waals surface area contributed by atoms with E-state index in [1.807, 2.05) is 24.3 Å². The van der Waals surface area contributed by atoms with Crippen LogP contribution >= 0.6 is 0 Å². The van der Waals surface area contributed by atoms with E-state index in [1.165, 1.54) is 5.56 Å². The van der Waals surface area contributed by atoms with Crippen molar-refractivity contribution in [1.29, 1.82) is 0 Å². The maximum Gasteiger partial charge on any atom is 0.257 e. The first-order valence-electron chi connectivity index (χ1n) is 9.06. The molecule has 0 bridgehead atoms. The number of hydrogen-bond donors (Lipinski definition) is 1. The molecule has 1 aliphatic heterocycles. The molecule has 4 rings (SSSR count). The molecule has 1 saturated heterocycles. The molecule has 26 heavy (non-hydrogen) atoms. The highest BCUT2D eigenvalue weighted by atomic mass is 16.5. The fraction of sp³-hybridized carbons (Fsp3) is 0.333. The number of aromatic amines is 1. The van der Waals surface area contributed by atoms with Gasteiger partial charge >= 0.3 is 0 Å². The highest BCUT2D eigenvalue weighted by Crippen LogP contribution is 2.28. The number of benzene rings is 1. The second kappa shape index (κ2) is 7.30. The number of hydrogen-bond acceptors (Lipinski definition) is 4. The lowest BCUT2D eigenvalue weighted by molar-refractivity contribution is 0.203. The lowest BCUT2D eigenvalue weighted by atomic mass is 9.92. The molecule has 5 nitrogen and oxygen atoms in total. The summed E-state index contributed by atoms with van der Waals surface area (Å²) in [5.74, 6) is 1.29. The number of pyridine rings is 2. The van der Waals surface area contributed by atoms with Gasteiger partial charge in [0.05, 0.1) is 18.0 Å². The normalized spacial score (nSPS) is 16.0. The summed E-state index contributed by atoms with van der Waals surface area (Å²) in [6, 6.07) is 13.9. The minimum atomic E-state index is -0.0376. The number of methoxy groups -OCH3 is 1. The molecule has 0 saturated carbocycles. The van der Waals surface area contributed by atoms with Crippen molar-refractivity contribution in [1.82, 2.24) is 14.9 Å². The van der Waals surface area contributed by atoms with Crippen LogP contribution in [0.15, 0.2) is 53.5 Å². The van der Waals surface area contributed by atoms with Gasteiger partial charge in [-0.05, 0) is 61.8 Å². The van der Waals surface area contributed by atoms with E-state index in [-0.39, 0.29) is 5.56 Å². The van der Waals surface area contributed by atoms with E-state index in [9.17, 15) is 4.79 Å². The Kier molecular flexibility index (Phi) is 4.71. The van der Waals surface area contributed by atoms with Crippen LogP contribution in [-0.4, -0.2) is 35.1 Å². The first-order chi connectivity index (χ1) is 12.7. The van der Waals surface area contributed by atoms with Crippen LogP contribution in [-0.2, 0) is 6.54 Å². The molecular formula is C21H23N3O2. The van der Waals surface area contributed by atoms with Gasteiger partial charge in [0.25, 0.3) is 5.56 Å². The Labute approximate surface area is 152 Å². The van der Waals surface area contributed by atoms with Gasteiger partial charge in [-0.2, -0.15) is 0 Å². The number of rotatable bonds is 4. The predicted octanol–water partition coefficient (Wildman–Crippen LogP) is 3.31. The molecule has 3 aromatic rings. The number of ether oxygens (including phenoxy) is 1. The maximum absolute atomic E-state index is 12.3. The maximum atomic E-state index is 12.3. The van der Waals surface area contributed by atoms with Crippen LogP contribution in [0.3, 0.4) is 0 Å². The lowest BCUT2D eigenvalue weighted by Gasteiger charge is -2.32. The summed E-state index contributed by atoms with van der Waals surface area (Å²) in [6.45, 7) is 2.97. The number of fused-ring (bicyclic) bond motifs is 1. The van der Waals surface area contributed by atoms with Crippen LogP contribution in [0.1, 0.15) is 30.0 Å². The van der Waals surface area contributed by atoms with E-state index < -0.39 is 0 Å². The fourth-order valence-corrected chi connectivity index (χ4v) is 3.76.